The van der Waals surface area contributed by atoms with Crippen LogP contribution in [0.15, 0.2) is 42.5 Å². The number of anilines is 1. The van der Waals surface area contributed by atoms with Crippen molar-refractivity contribution in [2.24, 2.45) is 0 Å². The van der Waals surface area contributed by atoms with Gasteiger partial charge < -0.3 is 25.4 Å². The SMILES string of the molecule is COc1cccc(CNCCNc2ccc([N+](=O)[O-])cc2)c1OCC(=O)NC(C)(C)C.Cl.Cl. The van der Waals surface area contributed by atoms with Crippen molar-refractivity contribution >= 4 is 42.1 Å². The molecule has 0 heterocycles. The lowest BCUT2D eigenvalue weighted by atomic mass is 10.1. The molecule has 0 spiro atoms. The van der Waals surface area contributed by atoms with Crippen LogP contribution in [0.2, 0.25) is 0 Å². The summed E-state index contributed by atoms with van der Waals surface area (Å²) in [5, 5.41) is 20.1. The highest BCUT2D eigenvalue weighted by Gasteiger charge is 2.16. The molecule has 0 fully saturated rings. The molecule has 0 atom stereocenters. The van der Waals surface area contributed by atoms with Gasteiger partial charge in [0.15, 0.2) is 18.1 Å². The van der Waals surface area contributed by atoms with Crippen LogP contribution in [0.1, 0.15) is 26.3 Å². The Morgan fingerprint density at radius 2 is 1.73 bits per heavy atom. The maximum Gasteiger partial charge on any atom is 0.269 e. The molecule has 0 aliphatic rings. The van der Waals surface area contributed by atoms with Gasteiger partial charge in [0, 0.05) is 48.6 Å². The van der Waals surface area contributed by atoms with Crippen molar-refractivity contribution in [1.82, 2.24) is 10.6 Å². The number of carbonyl (C=O) groups is 1. The number of halogens is 2. The lowest BCUT2D eigenvalue weighted by molar-refractivity contribution is -0.384. The van der Waals surface area contributed by atoms with Gasteiger partial charge in [0.1, 0.15) is 0 Å². The van der Waals surface area contributed by atoms with Crippen LogP contribution in [0, 0.1) is 10.1 Å². The Labute approximate surface area is 206 Å². The molecule has 1 amide bonds. The van der Waals surface area contributed by atoms with E-state index in [0.29, 0.717) is 31.1 Å². The Morgan fingerprint density at radius 1 is 1.06 bits per heavy atom. The number of non-ortho nitro benzene ring substituents is 1. The fraction of sp³-hybridized carbons (Fsp3) is 0.409. The fourth-order valence-corrected chi connectivity index (χ4v) is 2.84. The third kappa shape index (κ3) is 10.6. The summed E-state index contributed by atoms with van der Waals surface area (Å²) in [5.74, 6) is 0.890. The third-order valence-electron chi connectivity index (χ3n) is 4.17. The highest BCUT2D eigenvalue weighted by Crippen LogP contribution is 2.31. The Kier molecular flexibility index (Phi) is 13.2. The number of amides is 1. The molecule has 0 saturated heterocycles. The number of nitro benzene ring substituents is 1. The smallest absolute Gasteiger partial charge is 0.269 e. The van der Waals surface area contributed by atoms with Gasteiger partial charge in [-0.15, -0.1) is 24.8 Å². The second kappa shape index (κ2) is 14.4. The summed E-state index contributed by atoms with van der Waals surface area (Å²) in [5.41, 5.74) is 1.41. The predicted molar refractivity (Wildman–Crippen MR) is 134 cm³/mol. The Hall–Kier alpha value is -2.75. The van der Waals surface area contributed by atoms with E-state index in [4.69, 9.17) is 9.47 Å². The molecule has 0 radical (unpaired) electrons. The first kappa shape index (κ1) is 30.2. The molecule has 33 heavy (non-hydrogen) atoms. The minimum Gasteiger partial charge on any atom is -0.493 e. The number of nitrogens with zero attached hydrogens (tertiary/aromatic N) is 1. The van der Waals surface area contributed by atoms with Crippen molar-refractivity contribution in [2.45, 2.75) is 32.9 Å². The maximum atomic E-state index is 12.1. The van der Waals surface area contributed by atoms with Crippen LogP contribution in [0.5, 0.6) is 11.5 Å². The van der Waals surface area contributed by atoms with Crippen LogP contribution in [0.3, 0.4) is 0 Å². The summed E-state index contributed by atoms with van der Waals surface area (Å²) < 4.78 is 11.2. The molecule has 0 aromatic heterocycles. The lowest BCUT2D eigenvalue weighted by Gasteiger charge is -2.21. The predicted octanol–water partition coefficient (Wildman–Crippen LogP) is 3.94. The van der Waals surface area contributed by atoms with Crippen molar-refractivity contribution in [3.05, 3.63) is 58.1 Å². The molecule has 2 aromatic carbocycles. The van der Waals surface area contributed by atoms with E-state index in [9.17, 15) is 14.9 Å². The quantitative estimate of drug-likeness (QED) is 0.242. The molecule has 0 aliphatic heterocycles. The van der Waals surface area contributed by atoms with E-state index in [0.717, 1.165) is 11.3 Å². The lowest BCUT2D eigenvalue weighted by Crippen LogP contribution is -2.43. The first-order valence-corrected chi connectivity index (χ1v) is 9.98. The number of hydrogen-bond acceptors (Lipinski definition) is 7. The number of rotatable bonds is 11. The summed E-state index contributed by atoms with van der Waals surface area (Å²) in [4.78, 5) is 22.4. The first-order valence-electron chi connectivity index (χ1n) is 9.98. The van der Waals surface area contributed by atoms with Gasteiger partial charge in [-0.2, -0.15) is 0 Å². The summed E-state index contributed by atoms with van der Waals surface area (Å²) >= 11 is 0. The Bertz CT molecular complexity index is 889. The molecule has 0 unspecified atom stereocenters. The zero-order valence-corrected chi connectivity index (χ0v) is 20.8. The minimum atomic E-state index is -0.425. The van der Waals surface area contributed by atoms with Gasteiger partial charge in [-0.25, -0.2) is 0 Å². The number of carbonyl (C=O) groups excluding carboxylic acids is 1. The molecule has 0 aliphatic carbocycles. The molecule has 2 aromatic rings. The van der Waals surface area contributed by atoms with Crippen LogP contribution >= 0.6 is 24.8 Å². The molecule has 2 rings (SSSR count). The van der Waals surface area contributed by atoms with Gasteiger partial charge >= 0.3 is 0 Å². The molecule has 0 bridgehead atoms. The molecule has 0 saturated carbocycles. The highest BCUT2D eigenvalue weighted by atomic mass is 35.5. The van der Waals surface area contributed by atoms with E-state index in [1.807, 2.05) is 32.9 Å². The Balaban J connectivity index is 0.00000512. The number of para-hydroxylation sites is 1. The second-order valence-corrected chi connectivity index (χ2v) is 7.94. The van der Waals surface area contributed by atoms with Crippen molar-refractivity contribution in [3.8, 4) is 11.5 Å². The zero-order chi connectivity index (χ0) is 22.9. The number of nitrogens with one attached hydrogen (secondary N) is 3. The maximum absolute atomic E-state index is 12.1. The number of ether oxygens (including phenoxy) is 2. The number of methoxy groups -OCH3 is 1. The topological polar surface area (TPSA) is 115 Å². The fourth-order valence-electron chi connectivity index (χ4n) is 2.84. The van der Waals surface area contributed by atoms with Gasteiger partial charge in [0.05, 0.1) is 12.0 Å². The summed E-state index contributed by atoms with van der Waals surface area (Å²) in [6, 6.07) is 11.8. The van der Waals surface area contributed by atoms with Gasteiger partial charge in [0.25, 0.3) is 11.6 Å². The normalized spacial score (nSPS) is 10.3. The van der Waals surface area contributed by atoms with Gasteiger partial charge in [-0.3, -0.25) is 14.9 Å². The summed E-state index contributed by atoms with van der Waals surface area (Å²) in [7, 11) is 1.56. The average Bonchev–Trinajstić information content (AvgIpc) is 2.71. The molecule has 184 valence electrons. The molecule has 9 nitrogen and oxygen atoms in total. The van der Waals surface area contributed by atoms with Crippen molar-refractivity contribution in [2.75, 3.05) is 32.1 Å². The van der Waals surface area contributed by atoms with Crippen molar-refractivity contribution < 1.29 is 19.2 Å². The highest BCUT2D eigenvalue weighted by molar-refractivity contribution is 5.85. The number of hydrogen-bond donors (Lipinski definition) is 3. The number of nitro groups is 1. The van der Waals surface area contributed by atoms with E-state index in [1.165, 1.54) is 12.1 Å². The number of benzene rings is 2. The monoisotopic (exact) mass is 502 g/mol. The van der Waals surface area contributed by atoms with Crippen molar-refractivity contribution in [3.63, 3.8) is 0 Å². The van der Waals surface area contributed by atoms with Crippen LogP contribution in [0.4, 0.5) is 11.4 Å². The first-order chi connectivity index (χ1) is 14.7. The molecule has 11 heteroatoms. The van der Waals surface area contributed by atoms with E-state index < -0.39 is 4.92 Å². The van der Waals surface area contributed by atoms with Gasteiger partial charge in [-0.1, -0.05) is 12.1 Å². The molecular weight excluding hydrogens is 471 g/mol. The van der Waals surface area contributed by atoms with Crippen LogP contribution in [-0.2, 0) is 11.3 Å². The van der Waals surface area contributed by atoms with Crippen LogP contribution in [0.25, 0.3) is 0 Å². The van der Waals surface area contributed by atoms with Crippen LogP contribution < -0.4 is 25.4 Å². The average molecular weight is 503 g/mol. The molecule has 3 N–H and O–H groups in total. The molecular formula is C22H32Cl2N4O5. The van der Waals surface area contributed by atoms with Gasteiger partial charge in [-0.05, 0) is 39.0 Å². The largest absolute Gasteiger partial charge is 0.493 e. The van der Waals surface area contributed by atoms with Crippen molar-refractivity contribution in [1.29, 1.82) is 0 Å². The van der Waals surface area contributed by atoms with E-state index in [1.54, 1.807) is 25.3 Å². The standard InChI is InChI=1S/C22H30N4O5.2ClH/c1-22(2,3)25-20(27)15-31-21-16(6-5-7-19(21)30-4)14-23-12-13-24-17-8-10-18(11-9-17)26(28)29;;/h5-11,23-24H,12-15H2,1-4H3,(H,25,27);2*1H. The van der Waals surface area contributed by atoms with Gasteiger partial charge in [0.2, 0.25) is 0 Å². The minimum absolute atomic E-state index is 0. The van der Waals surface area contributed by atoms with E-state index in [2.05, 4.69) is 16.0 Å². The van der Waals surface area contributed by atoms with Crippen LogP contribution in [-0.4, -0.2) is 43.2 Å². The van der Waals surface area contributed by atoms with E-state index in [-0.39, 0.29) is 48.6 Å². The second-order valence-electron chi connectivity index (χ2n) is 7.94. The van der Waals surface area contributed by atoms with E-state index >= 15 is 0 Å². The summed E-state index contributed by atoms with van der Waals surface area (Å²) in [6.07, 6.45) is 0. The Morgan fingerprint density at radius 3 is 2.30 bits per heavy atom. The third-order valence-corrected chi connectivity index (χ3v) is 4.17. The summed E-state index contributed by atoms with van der Waals surface area (Å²) in [6.45, 7) is 7.43. The zero-order valence-electron chi connectivity index (χ0n) is 19.2.